The number of hydrogen-bond donors (Lipinski definition) is 2. The predicted octanol–water partition coefficient (Wildman–Crippen LogP) is 1.59. The highest BCUT2D eigenvalue weighted by Crippen LogP contribution is 2.14. The Morgan fingerprint density at radius 3 is 2.81 bits per heavy atom. The van der Waals surface area contributed by atoms with Crippen molar-refractivity contribution in [2.24, 2.45) is 5.92 Å². The van der Waals surface area contributed by atoms with Crippen molar-refractivity contribution in [3.63, 3.8) is 0 Å². The van der Waals surface area contributed by atoms with Crippen molar-refractivity contribution < 1.29 is 13.2 Å². The largest absolute Gasteiger partial charge is 0.316 e. The van der Waals surface area contributed by atoms with Gasteiger partial charge in [0.15, 0.2) is 5.78 Å². The van der Waals surface area contributed by atoms with Crippen molar-refractivity contribution in [1.29, 1.82) is 0 Å². The summed E-state index contributed by atoms with van der Waals surface area (Å²) in [6.07, 6.45) is 1.93. The third-order valence-corrected chi connectivity index (χ3v) is 5.02. The molecule has 1 aromatic carbocycles. The molecular formula is C14H21ClN2O3S. The van der Waals surface area contributed by atoms with E-state index in [9.17, 15) is 13.2 Å². The lowest BCUT2D eigenvalue weighted by Gasteiger charge is -2.10. The maximum Gasteiger partial charge on any atom is 0.240 e. The Bertz CT molecular complexity index is 584. The fourth-order valence-electron chi connectivity index (χ4n) is 2.32. The van der Waals surface area contributed by atoms with E-state index in [1.165, 1.54) is 19.1 Å². The Kier molecular flexibility index (Phi) is 6.80. The quantitative estimate of drug-likeness (QED) is 0.776. The average molecular weight is 333 g/mol. The van der Waals surface area contributed by atoms with Gasteiger partial charge >= 0.3 is 0 Å². The smallest absolute Gasteiger partial charge is 0.240 e. The molecular weight excluding hydrogens is 312 g/mol. The lowest BCUT2D eigenvalue weighted by molar-refractivity contribution is 0.101. The third kappa shape index (κ3) is 5.07. The standard InChI is InChI=1S/C14H20N2O3S.ClH/c1-11(17)13-3-2-4-14(9-13)20(18,19)16-8-6-12-5-7-15-10-12;/h2-4,9,12,15-16H,5-8,10H2,1H3;1H. The van der Waals surface area contributed by atoms with E-state index in [2.05, 4.69) is 10.0 Å². The summed E-state index contributed by atoms with van der Waals surface area (Å²) in [6, 6.07) is 6.13. The Morgan fingerprint density at radius 2 is 2.19 bits per heavy atom. The summed E-state index contributed by atoms with van der Waals surface area (Å²) in [5.74, 6) is 0.403. The Hall–Kier alpha value is -0.950. The highest BCUT2D eigenvalue weighted by molar-refractivity contribution is 7.89. The van der Waals surface area contributed by atoms with Crippen LogP contribution in [0.4, 0.5) is 0 Å². The summed E-state index contributed by atoms with van der Waals surface area (Å²) >= 11 is 0. The van der Waals surface area contributed by atoms with Crippen LogP contribution in [0.2, 0.25) is 0 Å². The first-order valence-electron chi connectivity index (χ1n) is 6.80. The van der Waals surface area contributed by atoms with Gasteiger partial charge in [-0.05, 0) is 50.9 Å². The second-order valence-corrected chi connectivity index (χ2v) is 6.90. The lowest BCUT2D eigenvalue weighted by atomic mass is 10.1. The molecule has 118 valence electrons. The molecule has 2 rings (SSSR count). The fourth-order valence-corrected chi connectivity index (χ4v) is 3.42. The van der Waals surface area contributed by atoms with E-state index in [1.807, 2.05) is 0 Å². The zero-order valence-electron chi connectivity index (χ0n) is 12.0. The first kappa shape index (κ1) is 18.1. The number of hydrogen-bond acceptors (Lipinski definition) is 4. The second kappa shape index (κ2) is 7.89. The highest BCUT2D eigenvalue weighted by Gasteiger charge is 2.18. The number of nitrogens with one attached hydrogen (secondary N) is 2. The highest BCUT2D eigenvalue weighted by atomic mass is 35.5. The molecule has 5 nitrogen and oxygen atoms in total. The number of ketones is 1. The average Bonchev–Trinajstić information content (AvgIpc) is 2.92. The van der Waals surface area contributed by atoms with Gasteiger partial charge in [-0.15, -0.1) is 12.4 Å². The molecule has 2 N–H and O–H groups in total. The Morgan fingerprint density at radius 1 is 1.43 bits per heavy atom. The maximum atomic E-state index is 12.1. The van der Waals surface area contributed by atoms with Crippen LogP contribution in [0.1, 0.15) is 30.1 Å². The van der Waals surface area contributed by atoms with Gasteiger partial charge < -0.3 is 5.32 Å². The van der Waals surface area contributed by atoms with Crippen molar-refractivity contribution in [2.45, 2.75) is 24.7 Å². The van der Waals surface area contributed by atoms with Gasteiger partial charge in [0.05, 0.1) is 4.90 Å². The van der Waals surface area contributed by atoms with Crippen molar-refractivity contribution in [1.82, 2.24) is 10.0 Å². The van der Waals surface area contributed by atoms with E-state index < -0.39 is 10.0 Å². The number of carbonyl (C=O) groups is 1. The van der Waals surface area contributed by atoms with Gasteiger partial charge in [-0.25, -0.2) is 13.1 Å². The number of halogens is 1. The predicted molar refractivity (Wildman–Crippen MR) is 84.5 cm³/mol. The fraction of sp³-hybridized carbons (Fsp3) is 0.500. The zero-order chi connectivity index (χ0) is 14.6. The summed E-state index contributed by atoms with van der Waals surface area (Å²) in [5, 5.41) is 3.26. The number of rotatable bonds is 6. The van der Waals surface area contributed by atoms with E-state index in [0.29, 0.717) is 18.0 Å². The molecule has 1 aliphatic heterocycles. The molecule has 0 aliphatic carbocycles. The zero-order valence-corrected chi connectivity index (χ0v) is 13.6. The minimum absolute atomic E-state index is 0. The first-order chi connectivity index (χ1) is 9.49. The van der Waals surface area contributed by atoms with Crippen molar-refractivity contribution in [3.05, 3.63) is 29.8 Å². The van der Waals surface area contributed by atoms with E-state index in [-0.39, 0.29) is 23.1 Å². The van der Waals surface area contributed by atoms with Gasteiger partial charge in [-0.1, -0.05) is 12.1 Å². The number of benzene rings is 1. The Labute approximate surface area is 132 Å². The molecule has 1 aliphatic rings. The SMILES string of the molecule is CC(=O)c1cccc(S(=O)(=O)NCCC2CCNC2)c1.Cl. The van der Waals surface area contributed by atoms with Crippen LogP contribution in [-0.2, 0) is 10.0 Å². The number of carbonyl (C=O) groups excluding carboxylic acids is 1. The first-order valence-corrected chi connectivity index (χ1v) is 8.29. The van der Waals surface area contributed by atoms with E-state index in [1.54, 1.807) is 12.1 Å². The van der Waals surface area contributed by atoms with Crippen LogP contribution in [0, 0.1) is 5.92 Å². The molecule has 0 bridgehead atoms. The third-order valence-electron chi connectivity index (χ3n) is 3.56. The van der Waals surface area contributed by atoms with Gasteiger partial charge in [0.2, 0.25) is 10.0 Å². The molecule has 1 saturated heterocycles. The summed E-state index contributed by atoms with van der Waals surface area (Å²) < 4.78 is 26.9. The second-order valence-electron chi connectivity index (χ2n) is 5.13. The molecule has 0 radical (unpaired) electrons. The number of sulfonamides is 1. The van der Waals surface area contributed by atoms with E-state index >= 15 is 0 Å². The molecule has 1 aromatic rings. The molecule has 21 heavy (non-hydrogen) atoms. The molecule has 0 spiro atoms. The van der Waals surface area contributed by atoms with Gasteiger partial charge in [-0.3, -0.25) is 4.79 Å². The molecule has 1 fully saturated rings. The summed E-state index contributed by atoms with van der Waals surface area (Å²) in [5.41, 5.74) is 0.410. The summed E-state index contributed by atoms with van der Waals surface area (Å²) in [4.78, 5) is 11.4. The van der Waals surface area contributed by atoms with Gasteiger partial charge in [0.25, 0.3) is 0 Å². The van der Waals surface area contributed by atoms with Gasteiger partial charge in [0.1, 0.15) is 0 Å². The minimum atomic E-state index is -3.53. The van der Waals surface area contributed by atoms with E-state index in [4.69, 9.17) is 0 Å². The molecule has 1 atom stereocenters. The lowest BCUT2D eigenvalue weighted by Crippen LogP contribution is -2.26. The normalized spacial score (nSPS) is 18.2. The molecule has 7 heteroatoms. The summed E-state index contributed by atoms with van der Waals surface area (Å²) in [7, 11) is -3.53. The molecule has 0 aromatic heterocycles. The monoisotopic (exact) mass is 332 g/mol. The van der Waals surface area contributed by atoms with Crippen LogP contribution < -0.4 is 10.0 Å². The summed E-state index contributed by atoms with van der Waals surface area (Å²) in [6.45, 7) is 3.82. The van der Waals surface area contributed by atoms with Crippen molar-refractivity contribution in [2.75, 3.05) is 19.6 Å². The van der Waals surface area contributed by atoms with Gasteiger partial charge in [-0.2, -0.15) is 0 Å². The van der Waals surface area contributed by atoms with Crippen LogP contribution in [-0.4, -0.2) is 33.8 Å². The van der Waals surface area contributed by atoms with Crippen LogP contribution in [0.15, 0.2) is 29.2 Å². The molecule has 0 amide bonds. The minimum Gasteiger partial charge on any atom is -0.316 e. The van der Waals surface area contributed by atoms with Crippen LogP contribution in [0.3, 0.4) is 0 Å². The van der Waals surface area contributed by atoms with Crippen LogP contribution in [0.25, 0.3) is 0 Å². The van der Waals surface area contributed by atoms with Crippen molar-refractivity contribution in [3.8, 4) is 0 Å². The topological polar surface area (TPSA) is 75.3 Å². The molecule has 1 unspecified atom stereocenters. The Balaban J connectivity index is 0.00000220. The van der Waals surface area contributed by atoms with Crippen LogP contribution in [0.5, 0.6) is 0 Å². The maximum absolute atomic E-state index is 12.1. The van der Waals surface area contributed by atoms with Gasteiger partial charge in [0, 0.05) is 12.1 Å². The number of Topliss-reactive ketones (excluding diaryl/α,β-unsaturated/α-hetero) is 1. The molecule has 0 saturated carbocycles. The van der Waals surface area contributed by atoms with E-state index in [0.717, 1.165) is 25.9 Å². The van der Waals surface area contributed by atoms with Crippen molar-refractivity contribution >= 4 is 28.2 Å². The van der Waals surface area contributed by atoms with Crippen LogP contribution >= 0.6 is 12.4 Å². The molecule has 1 heterocycles.